The third-order valence-electron chi connectivity index (χ3n) is 2.14. The Balaban J connectivity index is 2.79. The molecule has 0 aromatic carbocycles. The van der Waals surface area contributed by atoms with Crippen LogP contribution in [0.4, 0.5) is 5.69 Å². The zero-order valence-corrected chi connectivity index (χ0v) is 10.1. The summed E-state index contributed by atoms with van der Waals surface area (Å²) in [7, 11) is 1.58. The molecule has 0 saturated heterocycles. The maximum Gasteiger partial charge on any atom is 0.287 e. The van der Waals surface area contributed by atoms with E-state index in [-0.39, 0.29) is 17.3 Å². The average Bonchev–Trinajstić information content (AvgIpc) is 2.56. The first kappa shape index (κ1) is 13.2. The van der Waals surface area contributed by atoms with Crippen LogP contribution in [0.5, 0.6) is 0 Å². The van der Waals surface area contributed by atoms with Crippen LogP contribution in [0, 0.1) is 10.1 Å². The van der Waals surface area contributed by atoms with Gasteiger partial charge < -0.3 is 15.6 Å². The standard InChI is InChI=1S/C10H16N4O3/c1-10(2,11)6-12-9(15)8-4-7(14(16)17)5-13(8)3/h4-5H,6,11H2,1-3H3,(H,12,15). The fraction of sp³-hybridized carbons (Fsp3) is 0.500. The third kappa shape index (κ3) is 3.56. The van der Waals surface area contributed by atoms with Crippen molar-refractivity contribution in [3.8, 4) is 0 Å². The van der Waals surface area contributed by atoms with Crippen molar-refractivity contribution in [2.45, 2.75) is 19.4 Å². The molecule has 94 valence electrons. The normalized spacial score (nSPS) is 11.3. The second-order valence-electron chi connectivity index (χ2n) is 4.62. The van der Waals surface area contributed by atoms with Crippen LogP contribution >= 0.6 is 0 Å². The first-order valence-corrected chi connectivity index (χ1v) is 5.08. The van der Waals surface area contributed by atoms with E-state index in [4.69, 9.17) is 5.73 Å². The summed E-state index contributed by atoms with van der Waals surface area (Å²) in [6, 6.07) is 1.23. The molecule has 0 spiro atoms. The molecule has 7 nitrogen and oxygen atoms in total. The van der Waals surface area contributed by atoms with Crippen LogP contribution in [0.25, 0.3) is 0 Å². The molecular formula is C10H16N4O3. The van der Waals surface area contributed by atoms with E-state index in [0.29, 0.717) is 6.54 Å². The molecule has 0 aliphatic rings. The van der Waals surface area contributed by atoms with Gasteiger partial charge in [-0.05, 0) is 13.8 Å². The van der Waals surface area contributed by atoms with Gasteiger partial charge in [-0.1, -0.05) is 0 Å². The van der Waals surface area contributed by atoms with Gasteiger partial charge in [-0.3, -0.25) is 14.9 Å². The summed E-state index contributed by atoms with van der Waals surface area (Å²) in [6.45, 7) is 3.85. The van der Waals surface area contributed by atoms with Crippen LogP contribution in [0.3, 0.4) is 0 Å². The van der Waals surface area contributed by atoms with Crippen molar-refractivity contribution in [1.82, 2.24) is 9.88 Å². The van der Waals surface area contributed by atoms with E-state index >= 15 is 0 Å². The largest absolute Gasteiger partial charge is 0.349 e. The zero-order chi connectivity index (χ0) is 13.2. The van der Waals surface area contributed by atoms with Gasteiger partial charge in [0.2, 0.25) is 0 Å². The lowest BCUT2D eigenvalue weighted by Crippen LogP contribution is -2.45. The van der Waals surface area contributed by atoms with Crippen molar-refractivity contribution < 1.29 is 9.72 Å². The highest BCUT2D eigenvalue weighted by atomic mass is 16.6. The smallest absolute Gasteiger partial charge is 0.287 e. The molecule has 1 rings (SSSR count). The molecule has 0 saturated carbocycles. The van der Waals surface area contributed by atoms with Crippen LogP contribution in [0.2, 0.25) is 0 Å². The van der Waals surface area contributed by atoms with Gasteiger partial charge in [-0.15, -0.1) is 0 Å². The Labute approximate surface area is 98.7 Å². The Morgan fingerprint density at radius 2 is 2.24 bits per heavy atom. The number of rotatable bonds is 4. The molecule has 0 aliphatic heterocycles. The Morgan fingerprint density at radius 3 is 2.65 bits per heavy atom. The lowest BCUT2D eigenvalue weighted by atomic mass is 10.1. The summed E-state index contributed by atoms with van der Waals surface area (Å²) in [5.41, 5.74) is 5.33. The van der Waals surface area contributed by atoms with E-state index in [9.17, 15) is 14.9 Å². The Hall–Kier alpha value is -1.89. The van der Waals surface area contributed by atoms with E-state index in [1.54, 1.807) is 20.9 Å². The van der Waals surface area contributed by atoms with Gasteiger partial charge in [-0.25, -0.2) is 0 Å². The molecule has 1 aromatic rings. The van der Waals surface area contributed by atoms with E-state index in [2.05, 4.69) is 5.32 Å². The van der Waals surface area contributed by atoms with Gasteiger partial charge in [0.1, 0.15) is 5.69 Å². The Kier molecular flexibility index (Phi) is 3.52. The van der Waals surface area contributed by atoms with E-state index in [1.165, 1.54) is 16.8 Å². The van der Waals surface area contributed by atoms with Crippen molar-refractivity contribution in [2.24, 2.45) is 12.8 Å². The topological polar surface area (TPSA) is 103 Å². The van der Waals surface area contributed by atoms with Crippen molar-refractivity contribution >= 4 is 11.6 Å². The summed E-state index contributed by atoms with van der Waals surface area (Å²) in [6.07, 6.45) is 1.29. The van der Waals surface area contributed by atoms with Gasteiger partial charge in [0, 0.05) is 25.2 Å². The average molecular weight is 240 g/mol. The number of carbonyl (C=O) groups is 1. The maximum absolute atomic E-state index is 11.7. The van der Waals surface area contributed by atoms with Crippen LogP contribution in [0.15, 0.2) is 12.3 Å². The van der Waals surface area contributed by atoms with Gasteiger partial charge in [0.25, 0.3) is 11.6 Å². The number of nitrogens with two attached hydrogens (primary N) is 1. The number of nitrogens with one attached hydrogen (secondary N) is 1. The fourth-order valence-corrected chi connectivity index (χ4v) is 1.27. The van der Waals surface area contributed by atoms with Crippen molar-refractivity contribution in [2.75, 3.05) is 6.54 Å². The summed E-state index contributed by atoms with van der Waals surface area (Å²) >= 11 is 0. The molecule has 17 heavy (non-hydrogen) atoms. The summed E-state index contributed by atoms with van der Waals surface area (Å²) in [5.74, 6) is -0.376. The van der Waals surface area contributed by atoms with E-state index < -0.39 is 10.5 Å². The monoisotopic (exact) mass is 240 g/mol. The summed E-state index contributed by atoms with van der Waals surface area (Å²) in [4.78, 5) is 21.7. The molecule has 0 unspecified atom stereocenters. The second kappa shape index (κ2) is 4.54. The van der Waals surface area contributed by atoms with Gasteiger partial charge >= 0.3 is 0 Å². The number of hydrogen-bond donors (Lipinski definition) is 2. The minimum absolute atomic E-state index is 0.107. The quantitative estimate of drug-likeness (QED) is 0.587. The molecule has 3 N–H and O–H groups in total. The van der Waals surface area contributed by atoms with Crippen molar-refractivity contribution in [3.63, 3.8) is 0 Å². The number of nitrogens with zero attached hydrogens (tertiary/aromatic N) is 2. The molecule has 0 radical (unpaired) electrons. The predicted octanol–water partition coefficient (Wildman–Crippen LogP) is 0.400. The lowest BCUT2D eigenvalue weighted by molar-refractivity contribution is -0.384. The highest BCUT2D eigenvalue weighted by Crippen LogP contribution is 2.15. The van der Waals surface area contributed by atoms with Crippen molar-refractivity contribution in [1.29, 1.82) is 0 Å². The number of hydrogen-bond acceptors (Lipinski definition) is 4. The van der Waals surface area contributed by atoms with E-state index in [0.717, 1.165) is 0 Å². The minimum Gasteiger partial charge on any atom is -0.349 e. The molecule has 0 bridgehead atoms. The highest BCUT2D eigenvalue weighted by molar-refractivity contribution is 5.93. The van der Waals surface area contributed by atoms with Gasteiger partial charge in [-0.2, -0.15) is 0 Å². The number of amides is 1. The molecule has 0 fully saturated rings. The minimum atomic E-state index is -0.538. The maximum atomic E-state index is 11.7. The summed E-state index contributed by atoms with van der Waals surface area (Å²) in [5, 5.41) is 13.2. The summed E-state index contributed by atoms with van der Waals surface area (Å²) < 4.78 is 1.41. The molecule has 1 aromatic heterocycles. The predicted molar refractivity (Wildman–Crippen MR) is 62.7 cm³/mol. The van der Waals surface area contributed by atoms with Crippen LogP contribution in [-0.2, 0) is 7.05 Å². The molecule has 0 atom stereocenters. The highest BCUT2D eigenvalue weighted by Gasteiger charge is 2.19. The van der Waals surface area contributed by atoms with Gasteiger partial charge in [0.15, 0.2) is 0 Å². The second-order valence-corrected chi connectivity index (χ2v) is 4.62. The third-order valence-corrected chi connectivity index (χ3v) is 2.14. The molecule has 1 amide bonds. The Morgan fingerprint density at radius 1 is 1.65 bits per heavy atom. The first-order chi connectivity index (χ1) is 7.70. The Bertz CT molecular complexity index is 445. The zero-order valence-electron chi connectivity index (χ0n) is 10.1. The number of aryl methyl sites for hydroxylation is 1. The fourth-order valence-electron chi connectivity index (χ4n) is 1.27. The van der Waals surface area contributed by atoms with Gasteiger partial charge in [0.05, 0.1) is 11.1 Å². The van der Waals surface area contributed by atoms with Crippen molar-refractivity contribution in [3.05, 3.63) is 28.1 Å². The number of aromatic nitrogens is 1. The van der Waals surface area contributed by atoms with Crippen LogP contribution in [0.1, 0.15) is 24.3 Å². The first-order valence-electron chi connectivity index (χ1n) is 5.08. The molecule has 1 heterocycles. The molecular weight excluding hydrogens is 224 g/mol. The number of nitro groups is 1. The van der Waals surface area contributed by atoms with E-state index in [1.807, 2.05) is 0 Å². The molecule has 0 aliphatic carbocycles. The molecule has 7 heteroatoms. The SMILES string of the molecule is Cn1cc([N+](=O)[O-])cc1C(=O)NCC(C)(C)N. The number of carbonyl (C=O) groups excluding carboxylic acids is 1. The lowest BCUT2D eigenvalue weighted by Gasteiger charge is -2.18. The van der Waals surface area contributed by atoms with Crippen LogP contribution in [-0.4, -0.2) is 27.5 Å². The van der Waals surface area contributed by atoms with Crippen LogP contribution < -0.4 is 11.1 Å².